The molecular weight excluding hydrogens is 438 g/mol. The number of phenols is 1. The zero-order chi connectivity index (χ0) is 24.7. The van der Waals surface area contributed by atoms with E-state index in [0.717, 1.165) is 5.56 Å². The number of nitrogens with one attached hydrogen (secondary N) is 1. The number of rotatable bonds is 9. The number of hydrogen-bond donors (Lipinski definition) is 3. The number of nitrogens with zero attached hydrogens (tertiary/aromatic N) is 2. The van der Waals surface area contributed by atoms with Crippen molar-refractivity contribution in [1.29, 1.82) is 0 Å². The van der Waals surface area contributed by atoms with Crippen LogP contribution in [0.4, 0.5) is 0 Å². The molecule has 34 heavy (non-hydrogen) atoms. The Morgan fingerprint density at radius 3 is 2.41 bits per heavy atom. The number of ether oxygens (including phenoxy) is 1. The molecule has 176 valence electrons. The summed E-state index contributed by atoms with van der Waals surface area (Å²) in [5.74, 6) is -2.38. The first kappa shape index (κ1) is 24.4. The number of hydrogen-bond acceptors (Lipinski definition) is 7. The molecule has 0 saturated heterocycles. The highest BCUT2D eigenvalue weighted by Crippen LogP contribution is 2.21. The Morgan fingerprint density at radius 2 is 1.74 bits per heavy atom. The fraction of sp³-hybridized carbons (Fsp3) is 0.240. The van der Waals surface area contributed by atoms with Crippen LogP contribution in [0, 0.1) is 6.92 Å². The molecule has 3 aromatic rings. The fourth-order valence-corrected chi connectivity index (χ4v) is 3.37. The monoisotopic (exact) mass is 463 g/mol. The van der Waals surface area contributed by atoms with Gasteiger partial charge in [-0.3, -0.25) is 19.6 Å². The standard InChI is InChI=1S/C25H25N3O6/c1-3-34-25(33)21(12-16-4-5-22(29)18(11-16)14-23(30)31)28-24(32)17-7-9-27-20(13-17)19-10-15(2)6-8-26-19/h4-11,13,21,29H,3,12,14H2,1-2H3,(H,28,32)(H,30,31). The van der Waals surface area contributed by atoms with Crippen LogP contribution in [0.3, 0.4) is 0 Å². The number of carboxylic acids is 1. The molecule has 2 heterocycles. The van der Waals surface area contributed by atoms with Crippen LogP contribution < -0.4 is 5.32 Å². The van der Waals surface area contributed by atoms with Crippen molar-refractivity contribution in [2.45, 2.75) is 32.7 Å². The quantitative estimate of drug-likeness (QED) is 0.412. The molecule has 1 unspecified atom stereocenters. The maximum Gasteiger partial charge on any atom is 0.328 e. The minimum atomic E-state index is -1.10. The average Bonchev–Trinajstić information content (AvgIpc) is 2.80. The van der Waals surface area contributed by atoms with Crippen LogP contribution in [0.15, 0.2) is 54.9 Å². The highest BCUT2D eigenvalue weighted by atomic mass is 16.5. The van der Waals surface area contributed by atoms with E-state index >= 15 is 0 Å². The number of phenolic OH excluding ortho intramolecular Hbond substituents is 1. The number of esters is 1. The second-order valence-electron chi connectivity index (χ2n) is 7.66. The topological polar surface area (TPSA) is 139 Å². The third-order valence-corrected chi connectivity index (χ3v) is 5.00. The van der Waals surface area contributed by atoms with Crippen molar-refractivity contribution in [3.8, 4) is 17.1 Å². The molecule has 1 amide bonds. The van der Waals surface area contributed by atoms with Crippen molar-refractivity contribution in [3.63, 3.8) is 0 Å². The smallest absolute Gasteiger partial charge is 0.328 e. The molecule has 1 aromatic carbocycles. The SMILES string of the molecule is CCOC(=O)C(Cc1ccc(O)c(CC(=O)O)c1)NC(=O)c1ccnc(-c2cc(C)ccn2)c1. The number of carbonyl (C=O) groups excluding carboxylic acids is 2. The van der Waals surface area contributed by atoms with Gasteiger partial charge in [0, 0.05) is 29.9 Å². The number of aromatic hydroxyl groups is 1. The Bertz CT molecular complexity index is 1210. The molecule has 3 rings (SSSR count). The van der Waals surface area contributed by atoms with Gasteiger partial charge < -0.3 is 20.3 Å². The van der Waals surface area contributed by atoms with Crippen molar-refractivity contribution in [3.05, 3.63) is 77.1 Å². The normalized spacial score (nSPS) is 11.5. The lowest BCUT2D eigenvalue weighted by atomic mass is 10.0. The molecule has 0 bridgehead atoms. The van der Waals surface area contributed by atoms with E-state index in [1.54, 1.807) is 25.3 Å². The predicted octanol–water partition coefficient (Wildman–Crippen LogP) is 2.69. The van der Waals surface area contributed by atoms with E-state index in [4.69, 9.17) is 9.84 Å². The maximum atomic E-state index is 13.0. The van der Waals surface area contributed by atoms with Gasteiger partial charge in [-0.2, -0.15) is 0 Å². The molecule has 2 aromatic heterocycles. The summed E-state index contributed by atoms with van der Waals surface area (Å²) in [4.78, 5) is 45.2. The van der Waals surface area contributed by atoms with Gasteiger partial charge in [0.05, 0.1) is 24.4 Å². The zero-order valence-corrected chi connectivity index (χ0v) is 18.8. The molecule has 0 fully saturated rings. The van der Waals surface area contributed by atoms with Crippen molar-refractivity contribution in [2.24, 2.45) is 0 Å². The summed E-state index contributed by atoms with van der Waals surface area (Å²) in [6.45, 7) is 3.71. The predicted molar refractivity (Wildman–Crippen MR) is 123 cm³/mol. The number of benzene rings is 1. The lowest BCUT2D eigenvalue weighted by molar-refractivity contribution is -0.145. The van der Waals surface area contributed by atoms with Gasteiger partial charge in [-0.15, -0.1) is 0 Å². The van der Waals surface area contributed by atoms with E-state index in [2.05, 4.69) is 15.3 Å². The van der Waals surface area contributed by atoms with Gasteiger partial charge in [-0.25, -0.2) is 4.79 Å². The highest BCUT2D eigenvalue weighted by Gasteiger charge is 2.24. The summed E-state index contributed by atoms with van der Waals surface area (Å²) in [6, 6.07) is 10.2. The van der Waals surface area contributed by atoms with Crippen LogP contribution in [0.1, 0.15) is 34.0 Å². The molecule has 0 spiro atoms. The van der Waals surface area contributed by atoms with Crippen LogP contribution in [-0.4, -0.2) is 50.7 Å². The van der Waals surface area contributed by atoms with E-state index in [0.29, 0.717) is 22.5 Å². The Kier molecular flexibility index (Phi) is 7.92. The van der Waals surface area contributed by atoms with E-state index in [9.17, 15) is 19.5 Å². The number of pyridine rings is 2. The van der Waals surface area contributed by atoms with Crippen molar-refractivity contribution in [2.75, 3.05) is 6.61 Å². The molecule has 0 aliphatic carbocycles. The van der Waals surface area contributed by atoms with Gasteiger partial charge in [0.15, 0.2) is 0 Å². The zero-order valence-electron chi connectivity index (χ0n) is 18.8. The summed E-state index contributed by atoms with van der Waals surface area (Å²) >= 11 is 0. The fourth-order valence-electron chi connectivity index (χ4n) is 3.37. The van der Waals surface area contributed by atoms with Crippen LogP contribution in [-0.2, 0) is 27.2 Å². The lowest BCUT2D eigenvalue weighted by Gasteiger charge is -2.18. The molecule has 9 nitrogen and oxygen atoms in total. The summed E-state index contributed by atoms with van der Waals surface area (Å²) < 4.78 is 5.12. The number of amides is 1. The number of carboxylic acid groups (broad SMARTS) is 1. The van der Waals surface area contributed by atoms with E-state index in [1.165, 1.54) is 24.4 Å². The second kappa shape index (κ2) is 11.0. The molecule has 0 radical (unpaired) electrons. The summed E-state index contributed by atoms with van der Waals surface area (Å²) in [7, 11) is 0. The minimum absolute atomic E-state index is 0.0504. The Morgan fingerprint density at radius 1 is 1.03 bits per heavy atom. The van der Waals surface area contributed by atoms with Gasteiger partial charge in [-0.1, -0.05) is 12.1 Å². The molecule has 3 N–H and O–H groups in total. The van der Waals surface area contributed by atoms with Crippen molar-refractivity contribution < 1.29 is 29.3 Å². The number of aryl methyl sites for hydroxylation is 1. The molecule has 0 aliphatic rings. The first-order chi connectivity index (χ1) is 16.3. The van der Waals surface area contributed by atoms with Crippen LogP contribution in [0.2, 0.25) is 0 Å². The molecular formula is C25H25N3O6. The number of aromatic nitrogens is 2. The van der Waals surface area contributed by atoms with E-state index in [1.807, 2.05) is 19.1 Å². The van der Waals surface area contributed by atoms with Gasteiger partial charge in [0.2, 0.25) is 0 Å². The van der Waals surface area contributed by atoms with Gasteiger partial charge in [0.1, 0.15) is 11.8 Å². The number of carbonyl (C=O) groups is 3. The molecule has 0 saturated carbocycles. The van der Waals surface area contributed by atoms with Gasteiger partial charge in [0.25, 0.3) is 5.91 Å². The van der Waals surface area contributed by atoms with Gasteiger partial charge in [-0.05, 0) is 55.3 Å². The average molecular weight is 463 g/mol. The van der Waals surface area contributed by atoms with Crippen molar-refractivity contribution in [1.82, 2.24) is 15.3 Å². The summed E-state index contributed by atoms with van der Waals surface area (Å²) in [5, 5.41) is 21.6. The second-order valence-corrected chi connectivity index (χ2v) is 7.66. The third kappa shape index (κ3) is 6.38. The largest absolute Gasteiger partial charge is 0.508 e. The molecule has 0 aliphatic heterocycles. The van der Waals surface area contributed by atoms with Crippen molar-refractivity contribution >= 4 is 17.8 Å². The minimum Gasteiger partial charge on any atom is -0.508 e. The maximum absolute atomic E-state index is 13.0. The summed E-state index contributed by atoms with van der Waals surface area (Å²) in [6.07, 6.45) is 2.83. The summed E-state index contributed by atoms with van der Waals surface area (Å²) in [5.41, 5.74) is 3.20. The lowest BCUT2D eigenvalue weighted by Crippen LogP contribution is -2.43. The van der Waals surface area contributed by atoms with E-state index < -0.39 is 23.9 Å². The first-order valence-electron chi connectivity index (χ1n) is 10.7. The van der Waals surface area contributed by atoms with Crippen LogP contribution in [0.5, 0.6) is 5.75 Å². The van der Waals surface area contributed by atoms with E-state index in [-0.39, 0.29) is 30.8 Å². The highest BCUT2D eigenvalue weighted by molar-refractivity contribution is 5.97. The Hall–Kier alpha value is -4.27. The Labute approximate surface area is 196 Å². The first-order valence-corrected chi connectivity index (χ1v) is 10.7. The van der Waals surface area contributed by atoms with Crippen LogP contribution in [0.25, 0.3) is 11.4 Å². The van der Waals surface area contributed by atoms with Gasteiger partial charge >= 0.3 is 11.9 Å². The third-order valence-electron chi connectivity index (χ3n) is 5.00. The van der Waals surface area contributed by atoms with Crippen LogP contribution >= 0.6 is 0 Å². The molecule has 1 atom stereocenters. The Balaban J connectivity index is 1.83. The molecule has 9 heteroatoms. The number of aliphatic carboxylic acids is 1.